The highest BCUT2D eigenvalue weighted by Crippen LogP contribution is 2.31. The largest absolute Gasteiger partial charge is 0.490 e. The van der Waals surface area contributed by atoms with Gasteiger partial charge in [0, 0.05) is 6.54 Å². The maximum atomic E-state index is 12.6. The summed E-state index contributed by atoms with van der Waals surface area (Å²) in [5, 5.41) is 2.98. The molecule has 0 spiro atoms. The highest BCUT2D eigenvalue weighted by Gasteiger charge is 2.35. The molecule has 0 aromatic heterocycles. The third kappa shape index (κ3) is 4.59. The molecule has 144 valence electrons. The molecule has 1 aliphatic rings. The van der Waals surface area contributed by atoms with Crippen molar-refractivity contribution < 1.29 is 23.8 Å². The predicted molar refractivity (Wildman–Crippen MR) is 97.5 cm³/mol. The lowest BCUT2D eigenvalue weighted by Crippen LogP contribution is -2.46. The molecule has 0 aliphatic carbocycles. The zero-order chi connectivity index (χ0) is 19.1. The normalized spacial score (nSPS) is 17.5. The summed E-state index contributed by atoms with van der Waals surface area (Å²) in [6.07, 6.45) is 0.968. The van der Waals surface area contributed by atoms with E-state index in [1.165, 1.54) is 12.0 Å². The van der Waals surface area contributed by atoms with Crippen molar-refractivity contribution in [1.29, 1.82) is 0 Å². The molecule has 2 unspecified atom stereocenters. The molecule has 2 rings (SSSR count). The van der Waals surface area contributed by atoms with Gasteiger partial charge in [0.1, 0.15) is 6.04 Å². The SMILES string of the molecule is CCOc1ccc(C(C)NC(=O)C2CCCN2C(=O)OC)cc1OCC. The molecule has 1 heterocycles. The Labute approximate surface area is 154 Å². The minimum Gasteiger partial charge on any atom is -0.490 e. The number of hydrogen-bond donors (Lipinski definition) is 1. The van der Waals surface area contributed by atoms with E-state index in [0.717, 1.165) is 12.0 Å². The fraction of sp³-hybridized carbons (Fsp3) is 0.579. The molecule has 1 fully saturated rings. The van der Waals surface area contributed by atoms with Crippen LogP contribution in [0.4, 0.5) is 4.79 Å². The molecule has 2 amide bonds. The summed E-state index contributed by atoms with van der Waals surface area (Å²) >= 11 is 0. The summed E-state index contributed by atoms with van der Waals surface area (Å²) < 4.78 is 16.0. The van der Waals surface area contributed by atoms with Crippen LogP contribution in [0, 0.1) is 0 Å². The van der Waals surface area contributed by atoms with Crippen molar-refractivity contribution in [3.8, 4) is 11.5 Å². The van der Waals surface area contributed by atoms with E-state index in [1.54, 1.807) is 0 Å². The summed E-state index contributed by atoms with van der Waals surface area (Å²) in [7, 11) is 1.33. The Morgan fingerprint density at radius 1 is 1.23 bits per heavy atom. The number of rotatable bonds is 7. The number of likely N-dealkylation sites (tertiary alicyclic amines) is 1. The van der Waals surface area contributed by atoms with Gasteiger partial charge in [-0.3, -0.25) is 9.69 Å². The Kier molecular flexibility index (Phi) is 7.12. The molecule has 26 heavy (non-hydrogen) atoms. The Hall–Kier alpha value is -2.44. The molecule has 1 aromatic carbocycles. The van der Waals surface area contributed by atoms with Crippen molar-refractivity contribution in [3.05, 3.63) is 23.8 Å². The average Bonchev–Trinajstić information content (AvgIpc) is 3.12. The molecule has 2 atom stereocenters. The van der Waals surface area contributed by atoms with Crippen LogP contribution in [0.1, 0.15) is 45.2 Å². The first kappa shape index (κ1) is 19.9. The highest BCUT2D eigenvalue weighted by molar-refractivity contribution is 5.86. The number of nitrogens with zero attached hydrogens (tertiary/aromatic N) is 1. The Balaban J connectivity index is 2.08. The average molecular weight is 364 g/mol. The molecule has 1 saturated heterocycles. The lowest BCUT2D eigenvalue weighted by Gasteiger charge is -2.24. The number of hydrogen-bond acceptors (Lipinski definition) is 5. The number of ether oxygens (including phenoxy) is 3. The fourth-order valence-corrected chi connectivity index (χ4v) is 3.11. The van der Waals surface area contributed by atoms with Gasteiger partial charge in [-0.25, -0.2) is 4.79 Å². The summed E-state index contributed by atoms with van der Waals surface area (Å²) in [4.78, 5) is 25.9. The highest BCUT2D eigenvalue weighted by atomic mass is 16.5. The monoisotopic (exact) mass is 364 g/mol. The smallest absolute Gasteiger partial charge is 0.410 e. The van der Waals surface area contributed by atoms with Gasteiger partial charge in [0.2, 0.25) is 5.91 Å². The second-order valence-electron chi connectivity index (χ2n) is 6.12. The van der Waals surface area contributed by atoms with Gasteiger partial charge in [-0.1, -0.05) is 6.07 Å². The zero-order valence-corrected chi connectivity index (χ0v) is 15.9. The molecular formula is C19H28N2O5. The fourth-order valence-electron chi connectivity index (χ4n) is 3.11. The molecule has 1 aromatic rings. The molecule has 1 aliphatic heterocycles. The third-order valence-corrected chi connectivity index (χ3v) is 4.39. The minimum atomic E-state index is -0.487. The minimum absolute atomic E-state index is 0.174. The van der Waals surface area contributed by atoms with Gasteiger partial charge in [0.25, 0.3) is 0 Å². The van der Waals surface area contributed by atoms with E-state index in [2.05, 4.69) is 5.32 Å². The Morgan fingerprint density at radius 3 is 2.58 bits per heavy atom. The van der Waals surface area contributed by atoms with E-state index < -0.39 is 12.1 Å². The summed E-state index contributed by atoms with van der Waals surface area (Å²) in [6.45, 7) is 7.35. The maximum absolute atomic E-state index is 12.6. The number of amides is 2. The molecule has 0 saturated carbocycles. The number of nitrogens with one attached hydrogen (secondary N) is 1. The van der Waals surface area contributed by atoms with Crippen LogP contribution in [0.15, 0.2) is 18.2 Å². The Bertz CT molecular complexity index is 634. The number of carbonyl (C=O) groups is 2. The number of benzene rings is 1. The quantitative estimate of drug-likeness (QED) is 0.805. The van der Waals surface area contributed by atoms with Crippen LogP contribution >= 0.6 is 0 Å². The van der Waals surface area contributed by atoms with E-state index in [9.17, 15) is 9.59 Å². The van der Waals surface area contributed by atoms with E-state index in [4.69, 9.17) is 14.2 Å². The van der Waals surface area contributed by atoms with Gasteiger partial charge in [0.15, 0.2) is 11.5 Å². The maximum Gasteiger partial charge on any atom is 0.410 e. The lowest BCUT2D eigenvalue weighted by atomic mass is 10.1. The second-order valence-corrected chi connectivity index (χ2v) is 6.12. The van der Waals surface area contributed by atoms with E-state index >= 15 is 0 Å². The van der Waals surface area contributed by atoms with Crippen molar-refractivity contribution in [3.63, 3.8) is 0 Å². The molecule has 0 radical (unpaired) electrons. The summed E-state index contributed by atoms with van der Waals surface area (Å²) in [6, 6.07) is 4.93. The lowest BCUT2D eigenvalue weighted by molar-refractivity contribution is -0.125. The van der Waals surface area contributed by atoms with Crippen LogP contribution in [0.25, 0.3) is 0 Å². The van der Waals surface area contributed by atoms with Gasteiger partial charge in [-0.2, -0.15) is 0 Å². The van der Waals surface area contributed by atoms with Crippen molar-refractivity contribution in [2.24, 2.45) is 0 Å². The van der Waals surface area contributed by atoms with Crippen LogP contribution < -0.4 is 14.8 Å². The second kappa shape index (κ2) is 9.31. The van der Waals surface area contributed by atoms with Crippen LogP contribution in [-0.2, 0) is 9.53 Å². The molecular weight excluding hydrogens is 336 g/mol. The first-order chi connectivity index (χ1) is 12.5. The van der Waals surface area contributed by atoms with Gasteiger partial charge in [-0.15, -0.1) is 0 Å². The van der Waals surface area contributed by atoms with Crippen LogP contribution in [0.5, 0.6) is 11.5 Å². The van der Waals surface area contributed by atoms with Crippen LogP contribution in [0.3, 0.4) is 0 Å². The number of methoxy groups -OCH3 is 1. The molecule has 0 bridgehead atoms. The van der Waals surface area contributed by atoms with Crippen LogP contribution in [-0.4, -0.2) is 49.8 Å². The molecule has 7 nitrogen and oxygen atoms in total. The molecule has 7 heteroatoms. The van der Waals surface area contributed by atoms with Crippen molar-refractivity contribution in [2.75, 3.05) is 26.9 Å². The molecule has 1 N–H and O–H groups in total. The third-order valence-electron chi connectivity index (χ3n) is 4.39. The Morgan fingerprint density at radius 2 is 1.92 bits per heavy atom. The first-order valence-corrected chi connectivity index (χ1v) is 9.06. The predicted octanol–water partition coefficient (Wildman–Crippen LogP) is 2.89. The number of carbonyl (C=O) groups excluding carboxylic acids is 2. The van der Waals surface area contributed by atoms with E-state index in [1.807, 2.05) is 39.0 Å². The van der Waals surface area contributed by atoms with Crippen LogP contribution in [0.2, 0.25) is 0 Å². The van der Waals surface area contributed by atoms with E-state index in [0.29, 0.717) is 37.7 Å². The van der Waals surface area contributed by atoms with E-state index in [-0.39, 0.29) is 11.9 Å². The standard InChI is InChI=1S/C19H28N2O5/c1-5-25-16-10-9-14(12-17(16)26-6-2)13(3)20-18(22)15-8-7-11-21(15)19(23)24-4/h9-10,12-13,15H,5-8,11H2,1-4H3,(H,20,22). The van der Waals surface area contributed by atoms with Gasteiger partial charge >= 0.3 is 6.09 Å². The summed E-state index contributed by atoms with van der Waals surface area (Å²) in [5.41, 5.74) is 0.910. The van der Waals surface area contributed by atoms with Gasteiger partial charge < -0.3 is 19.5 Å². The van der Waals surface area contributed by atoms with Crippen molar-refractivity contribution in [1.82, 2.24) is 10.2 Å². The first-order valence-electron chi connectivity index (χ1n) is 9.06. The van der Waals surface area contributed by atoms with Gasteiger partial charge in [0.05, 0.1) is 26.4 Å². The summed E-state index contributed by atoms with van der Waals surface area (Å²) in [5.74, 6) is 1.17. The topological polar surface area (TPSA) is 77.1 Å². The van der Waals surface area contributed by atoms with Crippen molar-refractivity contribution >= 4 is 12.0 Å². The van der Waals surface area contributed by atoms with Gasteiger partial charge in [-0.05, 0) is 51.3 Å². The van der Waals surface area contributed by atoms with Crippen molar-refractivity contribution in [2.45, 2.75) is 45.7 Å². The zero-order valence-electron chi connectivity index (χ0n) is 15.9.